The predicted octanol–water partition coefficient (Wildman–Crippen LogP) is 3.57. The van der Waals surface area contributed by atoms with Crippen LogP contribution < -0.4 is 5.32 Å². The van der Waals surface area contributed by atoms with Gasteiger partial charge in [-0.25, -0.2) is 9.37 Å². The smallest absolute Gasteiger partial charge is 0.207 e. The fourth-order valence-corrected chi connectivity index (χ4v) is 1.79. The van der Waals surface area contributed by atoms with Gasteiger partial charge in [-0.1, -0.05) is 12.1 Å². The number of hydrogen-bond donors (Lipinski definition) is 1. The molecule has 0 fully saturated rings. The molecule has 1 aromatic heterocycles. The van der Waals surface area contributed by atoms with Gasteiger partial charge in [-0.3, -0.25) is 0 Å². The average molecular weight is 245 g/mol. The van der Waals surface area contributed by atoms with Crippen molar-refractivity contribution in [1.82, 2.24) is 9.55 Å². The second kappa shape index (κ2) is 5.04. The van der Waals surface area contributed by atoms with E-state index in [2.05, 4.69) is 16.9 Å². The highest BCUT2D eigenvalue weighted by atomic mass is 19.1. The van der Waals surface area contributed by atoms with Crippen LogP contribution in [0.25, 0.3) is 0 Å². The molecule has 2 aromatic rings. The number of anilines is 2. The molecule has 94 valence electrons. The Morgan fingerprint density at radius 1 is 1.44 bits per heavy atom. The number of allylic oxidation sites excluding steroid dienone is 1. The van der Waals surface area contributed by atoms with E-state index in [0.717, 1.165) is 11.4 Å². The second-order valence-electron chi connectivity index (χ2n) is 4.18. The Bertz CT molecular complexity index is 572. The Morgan fingerprint density at radius 3 is 2.94 bits per heavy atom. The summed E-state index contributed by atoms with van der Waals surface area (Å²) in [6.45, 7) is 8.03. The first kappa shape index (κ1) is 12.4. The third kappa shape index (κ3) is 2.42. The van der Waals surface area contributed by atoms with Gasteiger partial charge >= 0.3 is 0 Å². The maximum absolute atomic E-state index is 13.5. The van der Waals surface area contributed by atoms with E-state index in [-0.39, 0.29) is 5.82 Å². The van der Waals surface area contributed by atoms with Crippen LogP contribution in [0, 0.1) is 19.7 Å². The molecule has 0 bridgehead atoms. The van der Waals surface area contributed by atoms with Gasteiger partial charge in [0.05, 0.1) is 5.69 Å². The molecular formula is C14H16FN3. The zero-order chi connectivity index (χ0) is 13.1. The molecule has 0 atom stereocenters. The number of imidazole rings is 1. The van der Waals surface area contributed by atoms with Crippen LogP contribution in [0.4, 0.5) is 16.0 Å². The van der Waals surface area contributed by atoms with E-state index in [9.17, 15) is 4.39 Å². The Labute approximate surface area is 106 Å². The first-order valence-corrected chi connectivity index (χ1v) is 5.78. The minimum atomic E-state index is -0.224. The van der Waals surface area contributed by atoms with Gasteiger partial charge in [-0.2, -0.15) is 0 Å². The van der Waals surface area contributed by atoms with E-state index < -0.39 is 0 Å². The molecule has 1 heterocycles. The maximum Gasteiger partial charge on any atom is 0.207 e. The van der Waals surface area contributed by atoms with Crippen LogP contribution in [0.2, 0.25) is 0 Å². The van der Waals surface area contributed by atoms with Crippen molar-refractivity contribution in [2.75, 3.05) is 5.32 Å². The summed E-state index contributed by atoms with van der Waals surface area (Å²) in [7, 11) is 0. The van der Waals surface area contributed by atoms with Crippen LogP contribution in [0.1, 0.15) is 11.3 Å². The summed E-state index contributed by atoms with van der Waals surface area (Å²) in [6.07, 6.45) is 3.73. The topological polar surface area (TPSA) is 29.9 Å². The number of aromatic nitrogens is 2. The lowest BCUT2D eigenvalue weighted by Crippen LogP contribution is -2.03. The van der Waals surface area contributed by atoms with Gasteiger partial charge in [0.1, 0.15) is 5.82 Å². The summed E-state index contributed by atoms with van der Waals surface area (Å²) in [6, 6.07) is 4.96. The summed E-state index contributed by atoms with van der Waals surface area (Å²) in [5, 5.41) is 3.15. The van der Waals surface area contributed by atoms with Gasteiger partial charge in [-0.05, 0) is 26.0 Å². The van der Waals surface area contributed by atoms with Crippen LogP contribution in [-0.4, -0.2) is 9.55 Å². The van der Waals surface area contributed by atoms with Gasteiger partial charge in [-0.15, -0.1) is 6.58 Å². The highest BCUT2D eigenvalue weighted by Gasteiger charge is 2.08. The molecule has 18 heavy (non-hydrogen) atoms. The highest BCUT2D eigenvalue weighted by molar-refractivity contribution is 5.58. The monoisotopic (exact) mass is 245 g/mol. The molecule has 0 aliphatic rings. The van der Waals surface area contributed by atoms with E-state index in [1.165, 1.54) is 6.07 Å². The van der Waals surface area contributed by atoms with Crippen molar-refractivity contribution in [2.45, 2.75) is 20.4 Å². The summed E-state index contributed by atoms with van der Waals surface area (Å²) in [5.41, 5.74) is 2.22. The van der Waals surface area contributed by atoms with Gasteiger partial charge in [0.25, 0.3) is 0 Å². The molecule has 0 saturated carbocycles. The van der Waals surface area contributed by atoms with Crippen LogP contribution in [0.3, 0.4) is 0 Å². The Morgan fingerprint density at radius 2 is 2.22 bits per heavy atom. The molecule has 4 heteroatoms. The third-order valence-electron chi connectivity index (χ3n) is 2.74. The first-order valence-electron chi connectivity index (χ1n) is 5.78. The Kier molecular flexibility index (Phi) is 3.46. The number of nitrogens with zero attached hydrogens (tertiary/aromatic N) is 2. The SMILES string of the molecule is C=CCn1cc(C)nc1Nc1cccc(F)c1C. The normalized spacial score (nSPS) is 10.4. The van der Waals surface area contributed by atoms with Crippen LogP contribution in [-0.2, 0) is 6.54 Å². The maximum atomic E-state index is 13.5. The van der Waals surface area contributed by atoms with Gasteiger partial charge < -0.3 is 9.88 Å². The number of rotatable bonds is 4. The lowest BCUT2D eigenvalue weighted by Gasteiger charge is -2.10. The molecular weight excluding hydrogens is 229 g/mol. The summed E-state index contributed by atoms with van der Waals surface area (Å²) < 4.78 is 15.4. The second-order valence-corrected chi connectivity index (χ2v) is 4.18. The fourth-order valence-electron chi connectivity index (χ4n) is 1.79. The number of nitrogens with one attached hydrogen (secondary N) is 1. The number of benzene rings is 1. The van der Waals surface area contributed by atoms with Gasteiger partial charge in [0.15, 0.2) is 0 Å². The quantitative estimate of drug-likeness (QED) is 0.834. The largest absolute Gasteiger partial charge is 0.325 e. The average Bonchev–Trinajstić information content (AvgIpc) is 2.66. The molecule has 1 N–H and O–H groups in total. The Balaban J connectivity index is 2.33. The minimum absolute atomic E-state index is 0.224. The Hall–Kier alpha value is -2.10. The van der Waals surface area contributed by atoms with Crippen molar-refractivity contribution >= 4 is 11.6 Å². The van der Waals surface area contributed by atoms with Crippen LogP contribution in [0.5, 0.6) is 0 Å². The molecule has 0 aliphatic carbocycles. The standard InChI is InChI=1S/C14H16FN3/c1-4-8-18-9-10(2)16-14(18)17-13-7-5-6-12(15)11(13)3/h4-7,9H,1,8H2,2-3H3,(H,16,17). The highest BCUT2D eigenvalue weighted by Crippen LogP contribution is 2.22. The van der Waals surface area contributed by atoms with Crippen LogP contribution >= 0.6 is 0 Å². The number of halogens is 1. The van der Waals surface area contributed by atoms with Crippen molar-refractivity contribution in [2.24, 2.45) is 0 Å². The van der Waals surface area contributed by atoms with Crippen molar-refractivity contribution < 1.29 is 4.39 Å². The van der Waals surface area contributed by atoms with Gasteiger partial charge in [0.2, 0.25) is 5.95 Å². The van der Waals surface area contributed by atoms with Crippen molar-refractivity contribution in [1.29, 1.82) is 0 Å². The minimum Gasteiger partial charge on any atom is -0.325 e. The third-order valence-corrected chi connectivity index (χ3v) is 2.74. The summed E-state index contributed by atoms with van der Waals surface area (Å²) in [4.78, 5) is 4.38. The molecule has 0 amide bonds. The molecule has 0 radical (unpaired) electrons. The molecule has 0 aliphatic heterocycles. The van der Waals surface area contributed by atoms with Crippen molar-refractivity contribution in [3.05, 3.63) is 54.1 Å². The molecule has 0 spiro atoms. The van der Waals surface area contributed by atoms with E-state index in [1.54, 1.807) is 19.1 Å². The summed E-state index contributed by atoms with van der Waals surface area (Å²) in [5.74, 6) is 0.472. The van der Waals surface area contributed by atoms with Crippen LogP contribution in [0.15, 0.2) is 37.1 Å². The lowest BCUT2D eigenvalue weighted by molar-refractivity contribution is 0.619. The lowest BCUT2D eigenvalue weighted by atomic mass is 10.2. The molecule has 1 aromatic carbocycles. The zero-order valence-corrected chi connectivity index (χ0v) is 10.6. The first-order chi connectivity index (χ1) is 8.61. The summed E-state index contributed by atoms with van der Waals surface area (Å²) >= 11 is 0. The van der Waals surface area contributed by atoms with Crippen molar-refractivity contribution in [3.63, 3.8) is 0 Å². The predicted molar refractivity (Wildman–Crippen MR) is 71.6 cm³/mol. The molecule has 0 unspecified atom stereocenters. The molecule has 2 rings (SSSR count). The van der Waals surface area contributed by atoms with E-state index in [1.807, 2.05) is 23.8 Å². The molecule has 0 saturated heterocycles. The fraction of sp³-hybridized carbons (Fsp3) is 0.214. The number of aryl methyl sites for hydroxylation is 1. The van der Waals surface area contributed by atoms with Gasteiger partial charge in [0, 0.05) is 24.0 Å². The van der Waals surface area contributed by atoms with E-state index in [4.69, 9.17) is 0 Å². The molecule has 3 nitrogen and oxygen atoms in total. The van der Waals surface area contributed by atoms with Crippen molar-refractivity contribution in [3.8, 4) is 0 Å². The van der Waals surface area contributed by atoms with E-state index in [0.29, 0.717) is 18.1 Å². The zero-order valence-electron chi connectivity index (χ0n) is 10.6. The number of hydrogen-bond acceptors (Lipinski definition) is 2. The van der Waals surface area contributed by atoms with E-state index >= 15 is 0 Å².